The van der Waals surface area contributed by atoms with Crippen LogP contribution in [0.2, 0.25) is 0 Å². The first-order chi connectivity index (χ1) is 13.8. The van der Waals surface area contributed by atoms with Crippen LogP contribution in [0.1, 0.15) is 12.8 Å². The van der Waals surface area contributed by atoms with E-state index in [1.54, 1.807) is 24.3 Å². The maximum atomic E-state index is 12.8. The summed E-state index contributed by atoms with van der Waals surface area (Å²) in [5.74, 6) is -0.875. The molecule has 2 heterocycles. The summed E-state index contributed by atoms with van der Waals surface area (Å²) >= 11 is 0. The molecule has 0 bridgehead atoms. The van der Waals surface area contributed by atoms with E-state index in [9.17, 15) is 22.8 Å². The zero-order valence-electron chi connectivity index (χ0n) is 16.1. The molecule has 10 nitrogen and oxygen atoms in total. The second kappa shape index (κ2) is 8.78. The fourth-order valence-electron chi connectivity index (χ4n) is 3.46. The molecule has 1 aromatic rings. The number of piperazine rings is 1. The van der Waals surface area contributed by atoms with Gasteiger partial charge in [0.2, 0.25) is 21.8 Å². The van der Waals surface area contributed by atoms with Gasteiger partial charge in [-0.2, -0.15) is 4.31 Å². The van der Waals surface area contributed by atoms with Gasteiger partial charge in [0.15, 0.2) is 0 Å². The number of hydrogen-bond acceptors (Lipinski definition) is 5. The predicted molar refractivity (Wildman–Crippen MR) is 107 cm³/mol. The molecule has 3 N–H and O–H groups in total. The summed E-state index contributed by atoms with van der Waals surface area (Å²) in [7, 11) is -3.67. The Hall–Kier alpha value is -2.66. The second-order valence-corrected chi connectivity index (χ2v) is 9.06. The predicted octanol–water partition coefficient (Wildman–Crippen LogP) is -0.441. The van der Waals surface area contributed by atoms with Gasteiger partial charge in [-0.15, -0.1) is 0 Å². The molecule has 0 unspecified atom stereocenters. The number of piperidine rings is 1. The molecule has 0 aromatic heterocycles. The van der Waals surface area contributed by atoms with Crippen LogP contribution >= 0.6 is 0 Å². The van der Waals surface area contributed by atoms with Crippen LogP contribution in [0.4, 0.5) is 10.5 Å². The third-order valence-corrected chi connectivity index (χ3v) is 6.26. The van der Waals surface area contributed by atoms with E-state index in [1.807, 2.05) is 6.07 Å². The number of nitrogens with one attached hydrogen (secondary N) is 3. The molecule has 2 saturated heterocycles. The molecule has 4 amide bonds. The Bertz CT molecular complexity index is 876. The lowest BCUT2D eigenvalue weighted by molar-refractivity contribution is -0.132. The number of urea groups is 1. The minimum absolute atomic E-state index is 0.00398. The van der Waals surface area contributed by atoms with Crippen molar-refractivity contribution in [3.63, 3.8) is 0 Å². The normalized spacial score (nSPS) is 23.2. The summed E-state index contributed by atoms with van der Waals surface area (Å²) < 4.78 is 25.4. The number of nitrogens with zero attached hydrogens (tertiary/aromatic N) is 2. The largest absolute Gasteiger partial charge is 0.354 e. The molecular weight excluding hydrogens is 398 g/mol. The van der Waals surface area contributed by atoms with Crippen molar-refractivity contribution in [3.8, 4) is 0 Å². The van der Waals surface area contributed by atoms with Gasteiger partial charge in [0.1, 0.15) is 12.1 Å². The number of rotatable bonds is 4. The van der Waals surface area contributed by atoms with Crippen molar-refractivity contribution in [2.24, 2.45) is 0 Å². The van der Waals surface area contributed by atoms with E-state index >= 15 is 0 Å². The number of carbonyl (C=O) groups excluding carboxylic acids is 3. The van der Waals surface area contributed by atoms with E-state index in [2.05, 4.69) is 16.0 Å². The van der Waals surface area contributed by atoms with Crippen molar-refractivity contribution in [1.29, 1.82) is 0 Å². The number of sulfonamides is 1. The lowest BCUT2D eigenvalue weighted by Gasteiger charge is -2.39. The first-order valence-corrected chi connectivity index (χ1v) is 11.3. The highest BCUT2D eigenvalue weighted by Crippen LogP contribution is 2.17. The summed E-state index contributed by atoms with van der Waals surface area (Å²) in [5.41, 5.74) is 0.600. The lowest BCUT2D eigenvalue weighted by Crippen LogP contribution is -2.63. The van der Waals surface area contributed by atoms with Crippen LogP contribution in [0.3, 0.4) is 0 Å². The molecule has 2 aliphatic heterocycles. The fraction of sp³-hybridized carbons (Fsp3) is 0.500. The van der Waals surface area contributed by atoms with Crippen molar-refractivity contribution in [3.05, 3.63) is 30.3 Å². The van der Waals surface area contributed by atoms with Gasteiger partial charge in [0.25, 0.3) is 0 Å². The van der Waals surface area contributed by atoms with Crippen molar-refractivity contribution < 1.29 is 22.8 Å². The van der Waals surface area contributed by atoms with Crippen LogP contribution in [-0.2, 0) is 19.6 Å². The molecule has 1 aromatic carbocycles. The van der Waals surface area contributed by atoms with E-state index < -0.39 is 34.0 Å². The molecule has 0 aliphatic carbocycles. The molecule has 0 spiro atoms. The van der Waals surface area contributed by atoms with E-state index in [0.29, 0.717) is 18.7 Å². The van der Waals surface area contributed by atoms with Gasteiger partial charge in [0, 0.05) is 31.9 Å². The smallest absolute Gasteiger partial charge is 0.321 e. The van der Waals surface area contributed by atoms with Crippen LogP contribution in [0.15, 0.2) is 30.3 Å². The Morgan fingerprint density at radius 3 is 2.55 bits per heavy atom. The quantitative estimate of drug-likeness (QED) is 0.605. The third kappa shape index (κ3) is 5.24. The van der Waals surface area contributed by atoms with Gasteiger partial charge in [-0.3, -0.25) is 9.59 Å². The van der Waals surface area contributed by atoms with Crippen molar-refractivity contribution in [2.45, 2.75) is 24.9 Å². The number of para-hydroxylation sites is 1. The number of benzene rings is 1. The molecule has 158 valence electrons. The summed E-state index contributed by atoms with van der Waals surface area (Å²) in [6.45, 7) is 0.596. The van der Waals surface area contributed by atoms with Crippen LogP contribution in [0, 0.1) is 0 Å². The minimum atomic E-state index is -3.67. The zero-order valence-corrected chi connectivity index (χ0v) is 16.9. The number of amides is 4. The Balaban J connectivity index is 1.72. The molecule has 2 fully saturated rings. The SMILES string of the molecule is CS(=O)(=O)N1CCN(C(=O)Nc2ccccc2)C[C@H]1C(=O)N[C@H]1CCCNC1=O. The average Bonchev–Trinajstić information content (AvgIpc) is 2.69. The van der Waals surface area contributed by atoms with Gasteiger partial charge < -0.3 is 20.9 Å². The molecule has 2 aliphatic rings. The van der Waals surface area contributed by atoms with Crippen molar-refractivity contribution in [1.82, 2.24) is 19.8 Å². The third-order valence-electron chi connectivity index (χ3n) is 4.97. The van der Waals surface area contributed by atoms with Crippen molar-refractivity contribution in [2.75, 3.05) is 37.8 Å². The topological polar surface area (TPSA) is 128 Å². The van der Waals surface area contributed by atoms with E-state index in [4.69, 9.17) is 0 Å². The van der Waals surface area contributed by atoms with Crippen LogP contribution in [-0.4, -0.2) is 80.0 Å². The highest BCUT2D eigenvalue weighted by Gasteiger charge is 2.40. The highest BCUT2D eigenvalue weighted by molar-refractivity contribution is 7.88. The number of anilines is 1. The molecule has 29 heavy (non-hydrogen) atoms. The monoisotopic (exact) mass is 423 g/mol. The Morgan fingerprint density at radius 1 is 1.17 bits per heavy atom. The summed E-state index contributed by atoms with van der Waals surface area (Å²) in [5, 5.41) is 8.05. The Labute approximate surface area is 169 Å². The van der Waals surface area contributed by atoms with E-state index in [0.717, 1.165) is 17.0 Å². The number of hydrogen-bond donors (Lipinski definition) is 3. The van der Waals surface area contributed by atoms with Gasteiger partial charge in [0.05, 0.1) is 6.26 Å². The van der Waals surface area contributed by atoms with Gasteiger partial charge in [-0.25, -0.2) is 13.2 Å². The lowest BCUT2D eigenvalue weighted by atomic mass is 10.1. The maximum Gasteiger partial charge on any atom is 0.321 e. The second-order valence-electron chi connectivity index (χ2n) is 7.13. The highest BCUT2D eigenvalue weighted by atomic mass is 32.2. The Morgan fingerprint density at radius 2 is 1.90 bits per heavy atom. The summed E-state index contributed by atoms with van der Waals surface area (Å²) in [6.07, 6.45) is 2.24. The molecular formula is C18H25N5O5S. The van der Waals surface area contributed by atoms with Crippen LogP contribution < -0.4 is 16.0 Å². The van der Waals surface area contributed by atoms with Crippen LogP contribution in [0.25, 0.3) is 0 Å². The summed E-state index contributed by atoms with van der Waals surface area (Å²) in [4.78, 5) is 38.8. The van der Waals surface area contributed by atoms with E-state index in [1.165, 1.54) is 4.90 Å². The maximum absolute atomic E-state index is 12.8. The molecule has 2 atom stereocenters. The van der Waals surface area contributed by atoms with Gasteiger partial charge in [-0.1, -0.05) is 18.2 Å². The standard InChI is InChI=1S/C18H25N5O5S/c1-29(27,28)23-11-10-22(18(26)20-13-6-3-2-4-7-13)12-15(23)17(25)21-14-8-5-9-19-16(14)24/h2-4,6-7,14-15H,5,8-12H2,1H3,(H,19,24)(H,20,26)(H,21,25)/t14-,15-/m0/s1. The van der Waals surface area contributed by atoms with Gasteiger partial charge >= 0.3 is 6.03 Å². The average molecular weight is 423 g/mol. The first kappa shape index (κ1) is 21.1. The molecule has 0 saturated carbocycles. The molecule has 11 heteroatoms. The first-order valence-electron chi connectivity index (χ1n) is 9.41. The van der Waals surface area contributed by atoms with Gasteiger partial charge in [-0.05, 0) is 25.0 Å². The Kier molecular flexibility index (Phi) is 6.38. The van der Waals surface area contributed by atoms with Crippen LogP contribution in [0.5, 0.6) is 0 Å². The number of carbonyl (C=O) groups is 3. The zero-order chi connectivity index (χ0) is 21.0. The van der Waals surface area contributed by atoms with E-state index in [-0.39, 0.29) is 25.5 Å². The summed E-state index contributed by atoms with van der Waals surface area (Å²) in [6, 6.07) is 6.62. The van der Waals surface area contributed by atoms with Crippen molar-refractivity contribution >= 4 is 33.6 Å². The molecule has 3 rings (SSSR count). The minimum Gasteiger partial charge on any atom is -0.354 e. The molecule has 0 radical (unpaired) electrons. The fourth-order valence-corrected chi connectivity index (χ4v) is 4.50.